The van der Waals surface area contributed by atoms with Crippen molar-refractivity contribution in [2.45, 2.75) is 12.4 Å². The smallest absolute Gasteiger partial charge is 0.335 e. The summed E-state index contributed by atoms with van der Waals surface area (Å²) in [6.45, 7) is 1.99. The minimum Gasteiger partial charge on any atom is -0.495 e. The van der Waals surface area contributed by atoms with E-state index in [2.05, 4.69) is 10.6 Å². The van der Waals surface area contributed by atoms with Crippen molar-refractivity contribution in [1.82, 2.24) is 5.32 Å². The number of aryl methyl sites for hydroxylation is 1. The van der Waals surface area contributed by atoms with E-state index in [0.717, 1.165) is 16.8 Å². The molecule has 0 spiro atoms. The topological polar surface area (TPSA) is 101 Å². The van der Waals surface area contributed by atoms with Gasteiger partial charge in [0.15, 0.2) is 5.50 Å². The van der Waals surface area contributed by atoms with Crippen LogP contribution in [0.4, 0.5) is 5.69 Å². The summed E-state index contributed by atoms with van der Waals surface area (Å²) in [6, 6.07) is 15.8. The molecule has 158 valence electrons. The minimum atomic E-state index is -0.980. The summed E-state index contributed by atoms with van der Waals surface area (Å²) >= 11 is 1.35. The largest absolute Gasteiger partial charge is 0.495 e. The second kappa shape index (κ2) is 8.61. The molecular formula is C23H20N2O5S. The van der Waals surface area contributed by atoms with Crippen molar-refractivity contribution in [3.05, 3.63) is 76.4 Å². The first-order chi connectivity index (χ1) is 14.9. The van der Waals surface area contributed by atoms with E-state index in [1.807, 2.05) is 25.1 Å². The summed E-state index contributed by atoms with van der Waals surface area (Å²) in [5, 5.41) is 15.2. The lowest BCUT2D eigenvalue weighted by atomic mass is 10.1. The van der Waals surface area contributed by atoms with Crippen molar-refractivity contribution >= 4 is 35.4 Å². The average Bonchev–Trinajstić information content (AvgIpc) is 3.35. The molecule has 1 aromatic heterocycles. The van der Waals surface area contributed by atoms with Gasteiger partial charge in [0.2, 0.25) is 0 Å². The molecule has 2 heterocycles. The third-order valence-electron chi connectivity index (χ3n) is 4.69. The fraction of sp³-hybridized carbons (Fsp3) is 0.130. The predicted octanol–water partition coefficient (Wildman–Crippen LogP) is 4.56. The highest BCUT2D eigenvalue weighted by Crippen LogP contribution is 2.34. The maximum absolute atomic E-state index is 12.4. The Morgan fingerprint density at radius 1 is 1.19 bits per heavy atom. The average molecular weight is 436 g/mol. The van der Waals surface area contributed by atoms with Gasteiger partial charge in [-0.3, -0.25) is 4.79 Å². The molecule has 3 aromatic rings. The molecule has 0 radical (unpaired) electrons. The Balaban J connectivity index is 1.48. The quantitative estimate of drug-likeness (QED) is 0.487. The van der Waals surface area contributed by atoms with Crippen LogP contribution in [0, 0.1) is 6.92 Å². The van der Waals surface area contributed by atoms with Crippen LogP contribution in [0.25, 0.3) is 17.4 Å². The number of hydrogen-bond acceptors (Lipinski definition) is 6. The number of carboxylic acid groups (broad SMARTS) is 1. The monoisotopic (exact) mass is 436 g/mol. The summed E-state index contributed by atoms with van der Waals surface area (Å²) in [6.07, 6.45) is 1.68. The van der Waals surface area contributed by atoms with Crippen LogP contribution in [0.1, 0.15) is 21.7 Å². The maximum Gasteiger partial charge on any atom is 0.335 e. The Kier molecular flexibility index (Phi) is 5.73. The van der Waals surface area contributed by atoms with Crippen molar-refractivity contribution in [1.29, 1.82) is 0 Å². The number of rotatable bonds is 6. The number of thioether (sulfide) groups is 1. The summed E-state index contributed by atoms with van der Waals surface area (Å²) in [7, 11) is 1.60. The minimum absolute atomic E-state index is 0.196. The number of anilines is 1. The van der Waals surface area contributed by atoms with E-state index in [-0.39, 0.29) is 17.0 Å². The van der Waals surface area contributed by atoms with Crippen LogP contribution in [-0.2, 0) is 4.79 Å². The van der Waals surface area contributed by atoms with Gasteiger partial charge in [-0.1, -0.05) is 30.0 Å². The molecule has 1 aliphatic rings. The summed E-state index contributed by atoms with van der Waals surface area (Å²) < 4.78 is 11.2. The van der Waals surface area contributed by atoms with E-state index in [1.165, 1.54) is 23.9 Å². The van der Waals surface area contributed by atoms with Gasteiger partial charge in [-0.2, -0.15) is 0 Å². The van der Waals surface area contributed by atoms with Gasteiger partial charge in [-0.05, 0) is 48.9 Å². The van der Waals surface area contributed by atoms with Crippen LogP contribution in [0.2, 0.25) is 0 Å². The molecule has 8 heteroatoms. The molecular weight excluding hydrogens is 416 g/mol. The predicted molar refractivity (Wildman–Crippen MR) is 120 cm³/mol. The zero-order chi connectivity index (χ0) is 22.0. The Morgan fingerprint density at radius 3 is 2.68 bits per heavy atom. The van der Waals surface area contributed by atoms with Crippen LogP contribution in [0.3, 0.4) is 0 Å². The van der Waals surface area contributed by atoms with Crippen LogP contribution < -0.4 is 15.4 Å². The molecule has 0 bridgehead atoms. The second-order valence-electron chi connectivity index (χ2n) is 6.91. The molecule has 4 rings (SSSR count). The van der Waals surface area contributed by atoms with Gasteiger partial charge in [0.25, 0.3) is 5.91 Å². The van der Waals surface area contributed by atoms with Gasteiger partial charge < -0.3 is 24.9 Å². The first kappa shape index (κ1) is 20.6. The number of carboxylic acids is 1. The summed E-state index contributed by atoms with van der Waals surface area (Å²) in [4.78, 5) is 23.9. The summed E-state index contributed by atoms with van der Waals surface area (Å²) in [5.74, 6) is 0.641. The molecule has 1 unspecified atom stereocenters. The van der Waals surface area contributed by atoms with Crippen molar-refractivity contribution in [2.24, 2.45) is 0 Å². The van der Waals surface area contributed by atoms with Crippen molar-refractivity contribution in [3.63, 3.8) is 0 Å². The van der Waals surface area contributed by atoms with E-state index >= 15 is 0 Å². The number of ether oxygens (including phenoxy) is 1. The number of hydrogen-bond donors (Lipinski definition) is 3. The molecule has 31 heavy (non-hydrogen) atoms. The molecule has 0 aliphatic carbocycles. The van der Waals surface area contributed by atoms with E-state index in [9.17, 15) is 9.59 Å². The van der Waals surface area contributed by atoms with E-state index in [1.54, 1.807) is 37.5 Å². The van der Waals surface area contributed by atoms with E-state index in [4.69, 9.17) is 14.3 Å². The molecule has 1 saturated heterocycles. The number of furan rings is 1. The number of nitrogens with one attached hydrogen (secondary N) is 2. The SMILES string of the molecule is COc1ccc(C)cc1NC1NC(=O)/C(=C/c2ccc(-c3ccc(C(=O)O)cc3)o2)S1. The fourth-order valence-electron chi connectivity index (χ4n) is 3.13. The number of carbonyl (C=O) groups is 2. The number of methoxy groups -OCH3 is 1. The highest BCUT2D eigenvalue weighted by Gasteiger charge is 2.28. The number of carbonyl (C=O) groups excluding carboxylic acids is 1. The molecule has 3 N–H and O–H groups in total. The molecule has 1 aliphatic heterocycles. The third kappa shape index (κ3) is 4.59. The van der Waals surface area contributed by atoms with Crippen LogP contribution in [-0.4, -0.2) is 29.6 Å². The Labute approximate surface area is 183 Å². The third-order valence-corrected chi connectivity index (χ3v) is 5.72. The first-order valence-electron chi connectivity index (χ1n) is 9.47. The first-order valence-corrected chi connectivity index (χ1v) is 10.3. The zero-order valence-electron chi connectivity index (χ0n) is 16.8. The molecule has 1 fully saturated rings. The molecule has 1 amide bonds. The second-order valence-corrected chi connectivity index (χ2v) is 8.06. The number of aromatic carboxylic acids is 1. The van der Waals surface area contributed by atoms with Crippen LogP contribution in [0.5, 0.6) is 5.75 Å². The zero-order valence-corrected chi connectivity index (χ0v) is 17.7. The van der Waals surface area contributed by atoms with Crippen molar-refractivity contribution < 1.29 is 23.8 Å². The molecule has 7 nitrogen and oxygen atoms in total. The lowest BCUT2D eigenvalue weighted by Crippen LogP contribution is -2.31. The van der Waals surface area contributed by atoms with Crippen LogP contribution >= 0.6 is 11.8 Å². The maximum atomic E-state index is 12.4. The van der Waals surface area contributed by atoms with Crippen molar-refractivity contribution in [2.75, 3.05) is 12.4 Å². The van der Waals surface area contributed by atoms with Crippen molar-refractivity contribution in [3.8, 4) is 17.1 Å². The molecule has 1 atom stereocenters. The highest BCUT2D eigenvalue weighted by molar-refractivity contribution is 8.05. The van der Waals surface area contributed by atoms with Gasteiger partial charge in [-0.15, -0.1) is 0 Å². The lowest BCUT2D eigenvalue weighted by Gasteiger charge is -2.16. The van der Waals surface area contributed by atoms with Crippen LogP contribution in [0.15, 0.2) is 63.9 Å². The van der Waals surface area contributed by atoms with E-state index < -0.39 is 5.97 Å². The number of benzene rings is 2. The standard InChI is InChI=1S/C23H20N2O5S/c1-13-3-9-19(29-2)17(11-13)24-23-25-21(26)20(31-23)12-16-8-10-18(30-16)14-4-6-15(7-5-14)22(27)28/h3-12,23-24H,1-2H3,(H,25,26)(H,27,28)/b20-12-. The van der Waals surface area contributed by atoms with Gasteiger partial charge >= 0.3 is 5.97 Å². The lowest BCUT2D eigenvalue weighted by molar-refractivity contribution is -0.116. The fourth-order valence-corrected chi connectivity index (χ4v) is 4.09. The normalized spacial score (nSPS) is 16.9. The Bertz CT molecular complexity index is 1170. The van der Waals surface area contributed by atoms with Gasteiger partial charge in [-0.25, -0.2) is 4.79 Å². The van der Waals surface area contributed by atoms with Gasteiger partial charge in [0, 0.05) is 11.6 Å². The number of amides is 1. The summed E-state index contributed by atoms with van der Waals surface area (Å²) in [5.41, 5.74) is 2.50. The van der Waals surface area contributed by atoms with Gasteiger partial charge in [0.1, 0.15) is 17.3 Å². The van der Waals surface area contributed by atoms with Gasteiger partial charge in [0.05, 0.1) is 23.3 Å². The Morgan fingerprint density at radius 2 is 1.97 bits per heavy atom. The molecule has 2 aromatic carbocycles. The molecule has 0 saturated carbocycles. The van der Waals surface area contributed by atoms with E-state index in [0.29, 0.717) is 22.2 Å². The highest BCUT2D eigenvalue weighted by atomic mass is 32.2. The Hall–Kier alpha value is -3.65.